The number of benzene rings is 8. The van der Waals surface area contributed by atoms with E-state index in [0.29, 0.717) is 118 Å². The van der Waals surface area contributed by atoms with Gasteiger partial charge in [-0.1, -0.05) is 70.9 Å². The number of anilines is 10. The Kier molecular flexibility index (Phi) is 30.1. The van der Waals surface area contributed by atoms with Crippen LogP contribution < -0.4 is 48.7 Å². The molecule has 2 unspecified atom stereocenters. The van der Waals surface area contributed by atoms with Gasteiger partial charge in [-0.05, 0) is 209 Å². The molecule has 5 aliphatic heterocycles. The Morgan fingerprint density at radius 3 is 1.72 bits per heavy atom. The number of fused-ring (bicyclic) bond motifs is 3. The van der Waals surface area contributed by atoms with E-state index in [-0.39, 0.29) is 93.1 Å². The van der Waals surface area contributed by atoms with Crippen molar-refractivity contribution in [1.82, 2.24) is 49.1 Å². The second kappa shape index (κ2) is 42.6. The number of para-hydroxylation sites is 2. The summed E-state index contributed by atoms with van der Waals surface area (Å²) in [5.74, 6) is -0.359. The third-order valence-electron chi connectivity index (χ3n) is 23.7. The molecule has 11 heterocycles. The van der Waals surface area contributed by atoms with Crippen molar-refractivity contribution in [1.29, 1.82) is 0 Å². The van der Waals surface area contributed by atoms with Crippen LogP contribution in [0.15, 0.2) is 267 Å². The Balaban J connectivity index is 0.000000211. The summed E-state index contributed by atoms with van der Waals surface area (Å²) in [5.41, 5.74) is 9.75. The molecule has 6 aromatic heterocycles. The van der Waals surface area contributed by atoms with E-state index in [0.717, 1.165) is 86.3 Å². The van der Waals surface area contributed by atoms with Gasteiger partial charge in [0.15, 0.2) is 16.4 Å². The number of hydrogen-bond donors (Lipinski definition) is 5. The monoisotopic (exact) mass is 2040 g/mol. The van der Waals surface area contributed by atoms with Gasteiger partial charge in [-0.3, -0.25) is 43.4 Å². The van der Waals surface area contributed by atoms with E-state index >= 15 is 0 Å². The van der Waals surface area contributed by atoms with Crippen LogP contribution in [0.5, 0.6) is 0 Å². The molecule has 0 bridgehead atoms. The van der Waals surface area contributed by atoms with Gasteiger partial charge in [0, 0.05) is 194 Å². The highest BCUT2D eigenvalue weighted by Gasteiger charge is 2.38. The second-order valence-corrected chi connectivity index (χ2v) is 42.7. The van der Waals surface area contributed by atoms with Crippen LogP contribution in [0.1, 0.15) is 66.7 Å². The van der Waals surface area contributed by atoms with Gasteiger partial charge in [0.2, 0.25) is 22.9 Å². The highest BCUT2D eigenvalue weighted by molar-refractivity contribution is 7.93. The number of carbonyl (C=O) groups is 5. The number of amides is 5. The molecule has 0 aliphatic carbocycles. The average molecular weight is 2040 g/mol. The molecule has 19 rings (SSSR count). The number of aromatic nitrogens is 8. The quantitative estimate of drug-likeness (QED) is 0.0375. The molecule has 726 valence electrons. The van der Waals surface area contributed by atoms with E-state index < -0.39 is 52.3 Å². The maximum Gasteiger partial charge on any atom is 0.412 e. The van der Waals surface area contributed by atoms with E-state index in [1.165, 1.54) is 88.3 Å². The predicted octanol–water partition coefficient (Wildman–Crippen LogP) is 17.1. The minimum absolute atomic E-state index is 0. The molecule has 137 heavy (non-hydrogen) atoms. The normalized spacial score (nSPS) is 16.5. The topological polar surface area (TPSA) is 401 Å². The molecule has 4 atom stereocenters. The van der Waals surface area contributed by atoms with E-state index in [1.54, 1.807) is 119 Å². The molecule has 0 radical (unpaired) electrons. The van der Waals surface area contributed by atoms with Gasteiger partial charge >= 0.3 is 6.09 Å². The number of sulfonamides is 4. The van der Waals surface area contributed by atoms with Crippen LogP contribution in [-0.4, -0.2) is 197 Å². The van der Waals surface area contributed by atoms with Crippen LogP contribution in [0.4, 0.5) is 64.5 Å². The number of halogens is 3. The summed E-state index contributed by atoms with van der Waals surface area (Å²) in [5, 5.41) is 17.5. The molecule has 5 amide bonds. The lowest BCUT2D eigenvalue weighted by atomic mass is 9.99. The molecular weight excluding hydrogens is 1940 g/mol. The van der Waals surface area contributed by atoms with Gasteiger partial charge in [-0.2, -0.15) is 0 Å². The zero-order valence-corrected chi connectivity index (χ0v) is 81.1. The van der Waals surface area contributed by atoms with Crippen molar-refractivity contribution in [2.24, 2.45) is 5.92 Å². The van der Waals surface area contributed by atoms with Gasteiger partial charge in [0.1, 0.15) is 29.5 Å². The third-order valence-corrected chi connectivity index (χ3v) is 32.1. The summed E-state index contributed by atoms with van der Waals surface area (Å²) in [6.45, 7) is 13.1. The SMILES string of the molecule is CC(C(=O)N1CCN(c2ccc(S(=O)(=O)Nc3nncs3)cc2)CC1)n1ccc2cccc(Cl)c21.C[C@@H]1CN(c2ccc(S(=O)(=O)Nc3ccncn3)cc2)CCN1C(=O)CCn1ccc2cccc(Cl)c21.Cc1cccc(NC(=O)O[C@H]2CCN(c3ccc(S(=O)(=O)Nc4nccs4)cc3)C2=O)c1.O=C(C1CCN(c2ccc(S(=O)(=O)Nc3nccs3)cc2)C1)N1CCCc2cc(F)ccc21.[HH].[HH].[HH].[HH].[HH].[HH].[HH]. The molecule has 8 aromatic carbocycles. The summed E-state index contributed by atoms with van der Waals surface area (Å²) in [6.07, 6.45) is 11.1. The second-order valence-electron chi connectivity index (χ2n) is 32.6. The Bertz CT molecular complexity index is 7190. The average Bonchev–Trinajstić information content (AvgIpc) is 1.54. The van der Waals surface area contributed by atoms with Crippen LogP contribution >= 0.6 is 57.2 Å². The third kappa shape index (κ3) is 23.4. The van der Waals surface area contributed by atoms with Gasteiger partial charge in [0.25, 0.3) is 46.0 Å². The van der Waals surface area contributed by atoms with Crippen molar-refractivity contribution in [3.63, 3.8) is 0 Å². The van der Waals surface area contributed by atoms with Crippen LogP contribution in [0.3, 0.4) is 0 Å². The number of nitrogens with zero attached hydrogens (tertiary/aromatic N) is 15. The number of hydrogen-bond acceptors (Lipinski definition) is 26. The summed E-state index contributed by atoms with van der Waals surface area (Å²) in [6, 6.07) is 54.5. The van der Waals surface area contributed by atoms with Gasteiger partial charge in [-0.15, -0.1) is 32.9 Å². The Hall–Kier alpha value is -13.2. The van der Waals surface area contributed by atoms with Gasteiger partial charge in [0.05, 0.1) is 46.6 Å². The number of ether oxygens (including phenoxy) is 1. The minimum Gasteiger partial charge on any atom is -0.436 e. The van der Waals surface area contributed by atoms with Crippen LogP contribution in [-0.2, 0) is 77.0 Å². The van der Waals surface area contributed by atoms with E-state index in [1.807, 2.05) is 113 Å². The number of thiazole rings is 2. The van der Waals surface area contributed by atoms with Crippen molar-refractivity contribution >= 4 is 204 Å². The van der Waals surface area contributed by atoms with E-state index in [4.69, 9.17) is 27.9 Å². The molecule has 14 aromatic rings. The standard InChI is InChI=1S/C26H27ClN6O3S.C23H23ClN6O3S2.C23H23FN4O3S2.C21H20N4O5S2.7H2/c1-19-17-32(21-5-7-22(8-6-21)37(35,36)30-24-9-12-28-18-29-24)15-16-33(19)25(34)11-14-31-13-10-20-3-2-4-23(27)26(20)31;1-16(30-10-9-17-3-2-4-20(24)21(17)30)22(31)29-13-11-28(12-14-29)18-5-7-19(8-6-18)35(32,33)27-23-26-25-15-34-23;24-18-3-8-21-16(14-18)2-1-11-28(21)22(29)17-9-12-27(15-17)19-4-6-20(7-5-19)33(30,31)26-23-25-10-13-32-23;1-14-3-2-4-15(13-14)23-21(27)30-18-9-11-25(19(18)26)16-5-7-17(8-6-16)32(28,29)24-20-22-10-12-31-20;;;;;;;/h2-10,12-13,18-19H,11,14-17H2,1H3,(H,28,29,30);2-10,15-16H,11-14H2,1H3,(H,26,27);3-8,10,13-14,17H,1-2,9,11-12,15H2,(H,25,26);2-8,10,12-13,18H,9,11H2,1H3,(H,22,24)(H,23,27);7*1H/t19-;;;18-;;;;;;;/m1..0......./s1. The fourth-order valence-corrected chi connectivity index (χ4v) is 23.6. The first-order chi connectivity index (χ1) is 65.9. The summed E-state index contributed by atoms with van der Waals surface area (Å²) in [7, 11) is -15.0. The summed E-state index contributed by atoms with van der Waals surface area (Å²) in [4.78, 5) is 94.0. The number of rotatable bonds is 24. The zero-order chi connectivity index (χ0) is 96.3. The van der Waals surface area contributed by atoms with Gasteiger partial charge < -0.3 is 48.2 Å². The Morgan fingerprint density at radius 1 is 0.569 bits per heavy atom. The lowest BCUT2D eigenvalue weighted by Crippen LogP contribution is -2.54. The van der Waals surface area contributed by atoms with E-state index in [2.05, 4.69) is 69.0 Å². The van der Waals surface area contributed by atoms with Crippen LogP contribution in [0.2, 0.25) is 10.0 Å². The first-order valence-corrected chi connectivity index (χ1v) is 52.8. The number of piperazine rings is 2. The predicted molar refractivity (Wildman–Crippen MR) is 545 cm³/mol. The maximum absolute atomic E-state index is 13.6. The highest BCUT2D eigenvalue weighted by atomic mass is 35.5. The molecule has 4 fully saturated rings. The maximum atomic E-state index is 13.6. The molecule has 0 spiro atoms. The fraction of sp³-hybridized carbons (Fsp3) is 0.258. The lowest BCUT2D eigenvalue weighted by molar-refractivity contribution is -0.135. The van der Waals surface area contributed by atoms with Crippen molar-refractivity contribution < 1.29 is 76.8 Å². The van der Waals surface area contributed by atoms with Crippen LogP contribution in [0.25, 0.3) is 21.8 Å². The number of aryl methyl sites for hydroxylation is 3. The smallest absolute Gasteiger partial charge is 0.412 e. The van der Waals surface area contributed by atoms with E-state index in [9.17, 15) is 62.0 Å². The van der Waals surface area contributed by atoms with Crippen LogP contribution in [0, 0.1) is 18.7 Å². The lowest BCUT2D eigenvalue weighted by Gasteiger charge is -2.41. The highest BCUT2D eigenvalue weighted by Crippen LogP contribution is 2.37. The van der Waals surface area contributed by atoms with Crippen molar-refractivity contribution in [3.05, 3.63) is 275 Å². The molecule has 5 aliphatic rings. The molecule has 34 nitrogen and oxygen atoms in total. The van der Waals surface area contributed by atoms with Crippen molar-refractivity contribution in [2.45, 2.75) is 97.2 Å². The molecule has 44 heteroatoms. The largest absolute Gasteiger partial charge is 0.436 e. The Labute approximate surface area is 822 Å². The summed E-state index contributed by atoms with van der Waals surface area (Å²) < 4.78 is 133. The van der Waals surface area contributed by atoms with Gasteiger partial charge in [-0.25, -0.2) is 62.8 Å². The molecule has 5 N–H and O–H groups in total. The first-order valence-electron chi connectivity index (χ1n) is 43.5. The van der Waals surface area contributed by atoms with Crippen molar-refractivity contribution in [2.75, 3.05) is 121 Å². The molecule has 4 saturated heterocycles. The zero-order valence-electron chi connectivity index (χ0n) is 73.9. The Morgan fingerprint density at radius 2 is 1.14 bits per heavy atom. The molecular formula is C93H107Cl2FN20O14S7. The molecule has 0 saturated carbocycles. The number of carbonyl (C=O) groups excluding carboxylic acids is 5. The number of nitrogens with one attached hydrogen (secondary N) is 5. The fourth-order valence-electron chi connectivity index (χ4n) is 16.8. The first kappa shape index (κ1) is 96.9. The minimum atomic E-state index is -3.78. The summed E-state index contributed by atoms with van der Waals surface area (Å²) >= 11 is 16.3. The van der Waals surface area contributed by atoms with Crippen molar-refractivity contribution in [3.8, 4) is 0 Å².